The highest BCUT2D eigenvalue weighted by molar-refractivity contribution is 7.89. The Morgan fingerprint density at radius 3 is 2.50 bits per heavy atom. The minimum atomic E-state index is -3.47. The van der Waals surface area contributed by atoms with Gasteiger partial charge in [-0.25, -0.2) is 13.4 Å². The predicted molar refractivity (Wildman–Crippen MR) is 102 cm³/mol. The molecular formula is C19H22N4O2S. The first-order valence-electron chi connectivity index (χ1n) is 8.75. The van der Waals surface area contributed by atoms with Gasteiger partial charge >= 0.3 is 0 Å². The molecule has 4 rings (SSSR count). The number of H-pyrrole nitrogens is 1. The van der Waals surface area contributed by atoms with Crippen LogP contribution in [0.25, 0.3) is 11.0 Å². The Morgan fingerprint density at radius 2 is 1.81 bits per heavy atom. The second-order valence-electron chi connectivity index (χ2n) is 6.89. The van der Waals surface area contributed by atoms with Gasteiger partial charge in [-0.15, -0.1) is 0 Å². The molecule has 0 bridgehead atoms. The Morgan fingerprint density at radius 1 is 1.12 bits per heavy atom. The number of nitrogen functional groups attached to an aromatic ring is 1. The zero-order valence-electron chi connectivity index (χ0n) is 14.6. The van der Waals surface area contributed by atoms with Crippen molar-refractivity contribution < 1.29 is 8.42 Å². The molecule has 1 aromatic heterocycles. The van der Waals surface area contributed by atoms with Crippen LogP contribution in [0.15, 0.2) is 47.4 Å². The lowest BCUT2D eigenvalue weighted by atomic mass is 9.97. The monoisotopic (exact) mass is 370 g/mol. The highest BCUT2D eigenvalue weighted by Gasteiger charge is 2.31. The van der Waals surface area contributed by atoms with Crippen LogP contribution in [0.2, 0.25) is 0 Å². The third-order valence-corrected chi connectivity index (χ3v) is 6.93. The number of hydrogen-bond acceptors (Lipinski definition) is 4. The van der Waals surface area contributed by atoms with Crippen molar-refractivity contribution in [1.29, 1.82) is 0 Å². The molecule has 3 N–H and O–H groups in total. The van der Waals surface area contributed by atoms with E-state index in [9.17, 15) is 8.42 Å². The van der Waals surface area contributed by atoms with Gasteiger partial charge in [0.05, 0.1) is 15.9 Å². The molecule has 136 valence electrons. The van der Waals surface area contributed by atoms with Gasteiger partial charge in [0.2, 0.25) is 10.0 Å². The van der Waals surface area contributed by atoms with E-state index in [1.165, 1.54) is 5.56 Å². The number of aromatic nitrogens is 2. The molecular weight excluding hydrogens is 348 g/mol. The Balaban J connectivity index is 1.50. The first kappa shape index (κ1) is 17.1. The fraction of sp³-hybridized carbons (Fsp3) is 0.316. The van der Waals surface area contributed by atoms with Crippen LogP contribution in [-0.4, -0.2) is 35.8 Å². The topological polar surface area (TPSA) is 92.1 Å². The van der Waals surface area contributed by atoms with E-state index in [2.05, 4.69) is 24.0 Å². The number of anilines is 1. The van der Waals surface area contributed by atoms with Gasteiger partial charge in [-0.05, 0) is 61.7 Å². The van der Waals surface area contributed by atoms with Gasteiger partial charge in [0.15, 0.2) is 0 Å². The average molecular weight is 370 g/mol. The quantitative estimate of drug-likeness (QED) is 0.693. The number of nitrogens with two attached hydrogens (primary N) is 1. The summed E-state index contributed by atoms with van der Waals surface area (Å²) in [6, 6.07) is 12.5. The van der Waals surface area contributed by atoms with Crippen molar-refractivity contribution >= 4 is 26.7 Å². The molecule has 1 aliphatic heterocycles. The van der Waals surface area contributed by atoms with Crippen LogP contribution < -0.4 is 5.73 Å². The van der Waals surface area contributed by atoms with Crippen LogP contribution in [0, 0.1) is 6.92 Å². The summed E-state index contributed by atoms with van der Waals surface area (Å²) in [6.45, 7) is 3.04. The van der Waals surface area contributed by atoms with Crippen molar-refractivity contribution in [2.45, 2.75) is 30.6 Å². The Bertz CT molecular complexity index is 1030. The molecule has 0 radical (unpaired) electrons. The molecule has 1 aliphatic rings. The Kier molecular flexibility index (Phi) is 4.20. The van der Waals surface area contributed by atoms with Gasteiger partial charge in [-0.3, -0.25) is 0 Å². The number of benzene rings is 2. The van der Waals surface area contributed by atoms with Crippen LogP contribution in [0.3, 0.4) is 0 Å². The van der Waals surface area contributed by atoms with E-state index in [0.717, 1.165) is 29.7 Å². The molecule has 3 aromatic rings. The first-order chi connectivity index (χ1) is 12.4. The van der Waals surface area contributed by atoms with Gasteiger partial charge in [-0.1, -0.05) is 6.07 Å². The highest BCUT2D eigenvalue weighted by Crippen LogP contribution is 2.30. The van der Waals surface area contributed by atoms with Crippen molar-refractivity contribution in [2.24, 2.45) is 0 Å². The second kappa shape index (κ2) is 6.41. The average Bonchev–Trinajstić information content (AvgIpc) is 3.05. The van der Waals surface area contributed by atoms with E-state index < -0.39 is 10.0 Å². The maximum Gasteiger partial charge on any atom is 0.243 e. The number of imidazole rings is 1. The summed E-state index contributed by atoms with van der Waals surface area (Å²) in [5, 5.41) is 0. The van der Waals surface area contributed by atoms with E-state index >= 15 is 0 Å². The summed E-state index contributed by atoms with van der Waals surface area (Å²) in [4.78, 5) is 8.40. The fourth-order valence-corrected chi connectivity index (χ4v) is 4.96. The van der Waals surface area contributed by atoms with Crippen molar-refractivity contribution in [3.05, 3.63) is 53.9 Å². The van der Waals surface area contributed by atoms with Crippen LogP contribution in [0.1, 0.15) is 30.1 Å². The summed E-state index contributed by atoms with van der Waals surface area (Å²) in [7, 11) is -3.47. The number of aryl methyl sites for hydroxylation is 1. The van der Waals surface area contributed by atoms with E-state index in [0.29, 0.717) is 23.7 Å². The summed E-state index contributed by atoms with van der Waals surface area (Å²) in [5.74, 6) is 1.20. The number of sulfonamides is 1. The van der Waals surface area contributed by atoms with Gasteiger partial charge in [0, 0.05) is 24.7 Å². The Hall–Kier alpha value is -2.38. The molecule has 2 heterocycles. The summed E-state index contributed by atoms with van der Waals surface area (Å²) >= 11 is 0. The minimum absolute atomic E-state index is 0.251. The van der Waals surface area contributed by atoms with Crippen molar-refractivity contribution in [1.82, 2.24) is 14.3 Å². The molecule has 26 heavy (non-hydrogen) atoms. The third kappa shape index (κ3) is 3.08. The summed E-state index contributed by atoms with van der Waals surface area (Å²) in [6.07, 6.45) is 1.51. The normalized spacial score (nSPS) is 17.0. The van der Waals surface area contributed by atoms with E-state index in [4.69, 9.17) is 10.7 Å². The second-order valence-corrected chi connectivity index (χ2v) is 8.83. The smallest absolute Gasteiger partial charge is 0.243 e. The molecule has 2 aromatic carbocycles. The highest BCUT2D eigenvalue weighted by atomic mass is 32.2. The van der Waals surface area contributed by atoms with E-state index in [1.807, 2.05) is 6.07 Å². The van der Waals surface area contributed by atoms with Crippen molar-refractivity contribution in [2.75, 3.05) is 18.8 Å². The van der Waals surface area contributed by atoms with Crippen molar-refractivity contribution in [3.63, 3.8) is 0 Å². The lowest BCUT2D eigenvalue weighted by Crippen LogP contribution is -2.38. The number of nitrogens with zero attached hydrogens (tertiary/aromatic N) is 2. The molecule has 7 heteroatoms. The third-order valence-electron chi connectivity index (χ3n) is 5.01. The minimum Gasteiger partial charge on any atom is -0.399 e. The van der Waals surface area contributed by atoms with Gasteiger partial charge in [0.25, 0.3) is 0 Å². The molecule has 0 spiro atoms. The zero-order chi connectivity index (χ0) is 18.3. The molecule has 0 aliphatic carbocycles. The van der Waals surface area contributed by atoms with E-state index in [1.54, 1.807) is 28.6 Å². The predicted octanol–water partition coefficient (Wildman–Crippen LogP) is 3.02. The number of piperidine rings is 1. The Labute approximate surface area is 153 Å². The van der Waals surface area contributed by atoms with E-state index in [-0.39, 0.29) is 5.92 Å². The van der Waals surface area contributed by atoms with Crippen LogP contribution >= 0.6 is 0 Å². The van der Waals surface area contributed by atoms with Crippen LogP contribution in [0.5, 0.6) is 0 Å². The lowest BCUT2D eigenvalue weighted by molar-refractivity contribution is 0.314. The summed E-state index contributed by atoms with van der Waals surface area (Å²) in [5.41, 5.74) is 9.40. The number of nitrogens with one attached hydrogen (secondary N) is 1. The number of fused-ring (bicyclic) bond motifs is 1. The SMILES string of the molecule is Cc1ccc2nc(C3CCN(S(=O)(=O)c4ccc(N)cc4)CC3)[nH]c2c1. The maximum absolute atomic E-state index is 12.8. The molecule has 1 saturated heterocycles. The number of rotatable bonds is 3. The van der Waals surface area contributed by atoms with Gasteiger partial charge in [-0.2, -0.15) is 4.31 Å². The van der Waals surface area contributed by atoms with Gasteiger partial charge in [0.1, 0.15) is 5.82 Å². The maximum atomic E-state index is 12.8. The summed E-state index contributed by atoms with van der Waals surface area (Å²) < 4.78 is 27.1. The molecule has 0 amide bonds. The van der Waals surface area contributed by atoms with Crippen LogP contribution in [-0.2, 0) is 10.0 Å². The first-order valence-corrected chi connectivity index (χ1v) is 10.2. The van der Waals surface area contributed by atoms with Crippen LogP contribution in [0.4, 0.5) is 5.69 Å². The molecule has 0 saturated carbocycles. The molecule has 6 nitrogen and oxygen atoms in total. The number of hydrogen-bond donors (Lipinski definition) is 2. The number of aromatic amines is 1. The van der Waals surface area contributed by atoms with Crippen molar-refractivity contribution in [3.8, 4) is 0 Å². The fourth-order valence-electron chi connectivity index (χ4n) is 3.50. The molecule has 0 unspecified atom stereocenters. The zero-order valence-corrected chi connectivity index (χ0v) is 15.5. The lowest BCUT2D eigenvalue weighted by Gasteiger charge is -2.30. The van der Waals surface area contributed by atoms with Gasteiger partial charge < -0.3 is 10.7 Å². The largest absolute Gasteiger partial charge is 0.399 e. The standard InChI is InChI=1S/C19H22N4O2S/c1-13-2-7-17-18(12-13)22-19(21-17)14-8-10-23(11-9-14)26(24,25)16-5-3-15(20)4-6-16/h2-7,12,14H,8-11,20H2,1H3,(H,21,22). The molecule has 1 fully saturated rings. The molecule has 0 atom stereocenters.